The van der Waals surface area contributed by atoms with Crippen LogP contribution in [0.3, 0.4) is 0 Å². The Labute approximate surface area is 333 Å². The number of nitrogens with one attached hydrogen (secondary N) is 3. The third-order valence-corrected chi connectivity index (χ3v) is 13.3. The molecular weight excluding hydrogens is 717 g/mol. The smallest absolute Gasteiger partial charge is 0.143 e. The van der Waals surface area contributed by atoms with E-state index >= 15 is 0 Å². The van der Waals surface area contributed by atoms with E-state index in [0.29, 0.717) is 0 Å². The second-order valence-electron chi connectivity index (χ2n) is 15.2. The van der Waals surface area contributed by atoms with Crippen LogP contribution in [0.1, 0.15) is 36.3 Å². The Balaban J connectivity index is 1.00. The van der Waals surface area contributed by atoms with Crippen LogP contribution < -0.4 is 26.6 Å². The van der Waals surface area contributed by atoms with Crippen LogP contribution in [-0.2, 0) is 0 Å². The summed E-state index contributed by atoms with van der Waals surface area (Å²) in [6.07, 6.45) is 4.03. The highest BCUT2D eigenvalue weighted by molar-refractivity contribution is 7.26. The molecule has 6 heteroatoms. The molecule has 2 atom stereocenters. The summed E-state index contributed by atoms with van der Waals surface area (Å²) in [5, 5.41) is 19.2. The van der Waals surface area contributed by atoms with E-state index in [1.54, 1.807) is 0 Å². The Morgan fingerprint density at radius 2 is 1.12 bits per heavy atom. The molecule has 7 aromatic carbocycles. The molecule has 1 aliphatic heterocycles. The number of thiophene rings is 1. The predicted octanol–water partition coefficient (Wildman–Crippen LogP) is 10.8. The lowest BCUT2D eigenvalue weighted by atomic mass is 9.95. The van der Waals surface area contributed by atoms with Crippen molar-refractivity contribution in [1.82, 2.24) is 20.5 Å². The van der Waals surface area contributed by atoms with Crippen molar-refractivity contribution in [2.75, 3.05) is 0 Å². The Morgan fingerprint density at radius 1 is 0.526 bits per heavy atom. The van der Waals surface area contributed by atoms with Crippen molar-refractivity contribution in [1.29, 1.82) is 0 Å². The summed E-state index contributed by atoms with van der Waals surface area (Å²) >= 11 is 1.87. The van der Waals surface area contributed by atoms with Crippen LogP contribution in [-0.4, -0.2) is 10.7 Å². The number of aromatic nitrogens is 1. The first-order chi connectivity index (χ1) is 28.3. The number of hydrogen-bond acceptors (Lipinski definition) is 5. The minimum atomic E-state index is -0.0617. The summed E-state index contributed by atoms with van der Waals surface area (Å²) in [4.78, 5) is 0. The number of furan rings is 1. The van der Waals surface area contributed by atoms with E-state index in [9.17, 15) is 0 Å². The van der Waals surface area contributed by atoms with Gasteiger partial charge in [0.25, 0.3) is 0 Å². The SMILES string of the molecule is C1=c2oc3c(-c4cccc5c4sc4ccc(-n6c7ccccc7c7ccccc76)cc45)cccc3c2=C(C2NC(c3ccccc3)NC(c3ccccc3)N2)CC1. The number of rotatable bonds is 5. The number of hydrogen-bond donors (Lipinski definition) is 3. The maximum absolute atomic E-state index is 6.95. The van der Waals surface area contributed by atoms with E-state index < -0.39 is 0 Å². The van der Waals surface area contributed by atoms with E-state index in [0.717, 1.165) is 34.8 Å². The van der Waals surface area contributed by atoms with Crippen molar-refractivity contribution >= 4 is 75.9 Å². The third kappa shape index (κ3) is 5.26. The summed E-state index contributed by atoms with van der Waals surface area (Å²) in [5.74, 6) is 0. The maximum atomic E-state index is 6.95. The number of benzene rings is 7. The van der Waals surface area contributed by atoms with Crippen LogP contribution in [0.25, 0.3) is 81.4 Å². The highest BCUT2D eigenvalue weighted by Crippen LogP contribution is 2.43. The van der Waals surface area contributed by atoms with Gasteiger partial charge in [-0.1, -0.05) is 133 Å². The van der Waals surface area contributed by atoms with Gasteiger partial charge in [0.15, 0.2) is 0 Å². The molecule has 3 N–H and O–H groups in total. The highest BCUT2D eigenvalue weighted by Gasteiger charge is 2.32. The Hall–Kier alpha value is -6.28. The summed E-state index contributed by atoms with van der Waals surface area (Å²) < 4.78 is 11.9. The van der Waals surface area contributed by atoms with Crippen molar-refractivity contribution in [3.63, 3.8) is 0 Å². The third-order valence-electron chi connectivity index (χ3n) is 12.0. The van der Waals surface area contributed by atoms with Gasteiger partial charge in [-0.3, -0.25) is 16.0 Å². The molecule has 0 saturated carbocycles. The minimum Gasteiger partial charge on any atom is -0.456 e. The predicted molar refractivity (Wildman–Crippen MR) is 237 cm³/mol. The molecule has 4 heterocycles. The minimum absolute atomic E-state index is 0.0284. The summed E-state index contributed by atoms with van der Waals surface area (Å²) in [6.45, 7) is 0. The van der Waals surface area contributed by atoms with E-state index in [1.807, 2.05) is 11.3 Å². The van der Waals surface area contributed by atoms with E-state index in [-0.39, 0.29) is 18.5 Å². The average molecular weight is 755 g/mol. The standard InChI is InChI=1S/C51H38N4OS/c1-3-14-31(15-4-1)49-52-50(32-16-5-2-6-17-32)54-51(53-49)40-24-13-27-44-46(40)39-23-11-20-36(47(39)56-44)37-21-12-22-38-41-30-33(28-29-45(41)57-48(37)38)55-42-25-9-7-18-34(42)35-19-8-10-26-43(35)55/h1-12,14-23,25-30,49-54H,13,24H2. The van der Waals surface area contributed by atoms with Gasteiger partial charge in [-0.25, -0.2) is 0 Å². The zero-order valence-electron chi connectivity index (χ0n) is 31.1. The Kier molecular flexibility index (Phi) is 7.60. The molecule has 1 fully saturated rings. The highest BCUT2D eigenvalue weighted by atomic mass is 32.1. The molecule has 57 heavy (non-hydrogen) atoms. The quantitative estimate of drug-likeness (QED) is 0.164. The molecule has 12 rings (SSSR count). The van der Waals surface area contributed by atoms with E-state index in [2.05, 4.69) is 190 Å². The van der Waals surface area contributed by atoms with Gasteiger partial charge in [-0.2, -0.15) is 0 Å². The molecule has 3 aromatic heterocycles. The fraction of sp³-hybridized carbons (Fsp3) is 0.0980. The fourth-order valence-corrected chi connectivity index (χ4v) is 10.7. The van der Waals surface area contributed by atoms with Crippen molar-refractivity contribution in [3.8, 4) is 16.8 Å². The van der Waals surface area contributed by atoms with Gasteiger partial charge in [0.05, 0.1) is 29.5 Å². The zero-order valence-corrected chi connectivity index (χ0v) is 31.9. The number of fused-ring (bicyclic) bond motifs is 9. The average Bonchev–Trinajstić information content (AvgIpc) is 3.96. The van der Waals surface area contributed by atoms with E-state index in [4.69, 9.17) is 4.42 Å². The largest absolute Gasteiger partial charge is 0.456 e. The molecule has 0 bridgehead atoms. The summed E-state index contributed by atoms with van der Waals surface area (Å²) in [5.41, 5.74) is 11.6. The number of para-hydroxylation sites is 3. The lowest BCUT2D eigenvalue weighted by Crippen LogP contribution is -2.60. The first-order valence-electron chi connectivity index (χ1n) is 19.8. The lowest BCUT2D eigenvalue weighted by Gasteiger charge is -2.40. The molecule has 2 unspecified atom stereocenters. The van der Waals surface area contributed by atoms with Crippen LogP contribution in [0.4, 0.5) is 0 Å². The van der Waals surface area contributed by atoms with Gasteiger partial charge < -0.3 is 8.98 Å². The number of nitrogens with zero attached hydrogens (tertiary/aromatic N) is 1. The van der Waals surface area contributed by atoms with Crippen LogP contribution in [0, 0.1) is 0 Å². The van der Waals surface area contributed by atoms with Crippen LogP contribution in [0.5, 0.6) is 0 Å². The molecule has 1 saturated heterocycles. The first kappa shape index (κ1) is 32.9. The van der Waals surface area contributed by atoms with Gasteiger partial charge in [0, 0.05) is 58.4 Å². The zero-order chi connectivity index (χ0) is 37.5. The lowest BCUT2D eigenvalue weighted by molar-refractivity contribution is 0.231. The van der Waals surface area contributed by atoms with Gasteiger partial charge in [-0.05, 0) is 65.9 Å². The second-order valence-corrected chi connectivity index (χ2v) is 16.3. The van der Waals surface area contributed by atoms with Gasteiger partial charge in [0.2, 0.25) is 0 Å². The van der Waals surface area contributed by atoms with Crippen LogP contribution in [0.2, 0.25) is 0 Å². The monoisotopic (exact) mass is 754 g/mol. The molecule has 0 radical (unpaired) electrons. The van der Waals surface area contributed by atoms with Crippen molar-refractivity contribution in [3.05, 3.63) is 186 Å². The fourth-order valence-electron chi connectivity index (χ4n) is 9.46. The normalized spacial score (nSPS) is 18.5. The maximum Gasteiger partial charge on any atom is 0.143 e. The molecule has 0 spiro atoms. The molecule has 1 aliphatic carbocycles. The van der Waals surface area contributed by atoms with Gasteiger partial charge >= 0.3 is 0 Å². The second kappa shape index (κ2) is 13.2. The van der Waals surface area contributed by atoms with Crippen molar-refractivity contribution < 1.29 is 4.42 Å². The topological polar surface area (TPSA) is 54.2 Å². The molecule has 274 valence electrons. The summed E-state index contributed by atoms with van der Waals surface area (Å²) in [7, 11) is 0. The van der Waals surface area contributed by atoms with Gasteiger partial charge in [-0.15, -0.1) is 11.3 Å². The molecular formula is C51H38N4OS. The van der Waals surface area contributed by atoms with Crippen molar-refractivity contribution in [2.24, 2.45) is 0 Å². The Bertz CT molecular complexity index is 3210. The Morgan fingerprint density at radius 3 is 1.82 bits per heavy atom. The summed E-state index contributed by atoms with van der Waals surface area (Å²) in [6, 6.07) is 59.2. The van der Waals surface area contributed by atoms with Crippen LogP contribution >= 0.6 is 11.3 Å². The van der Waals surface area contributed by atoms with Crippen molar-refractivity contribution in [2.45, 2.75) is 31.3 Å². The molecule has 2 aliphatic rings. The molecule has 0 amide bonds. The van der Waals surface area contributed by atoms with Gasteiger partial charge in [0.1, 0.15) is 11.0 Å². The molecule has 5 nitrogen and oxygen atoms in total. The van der Waals surface area contributed by atoms with E-state index in [1.165, 1.54) is 75.1 Å². The van der Waals surface area contributed by atoms with Crippen LogP contribution in [0.15, 0.2) is 168 Å². The molecule has 10 aromatic rings. The first-order valence-corrected chi connectivity index (χ1v) is 20.7.